The Labute approximate surface area is 93.2 Å². The van der Waals surface area contributed by atoms with E-state index in [1.807, 2.05) is 30.5 Å². The second kappa shape index (κ2) is 4.12. The smallest absolute Gasteiger partial charge is 0.278 e. The minimum Gasteiger partial charge on any atom is -0.278 e. The second-order valence-electron chi connectivity index (χ2n) is 3.28. The van der Waals surface area contributed by atoms with E-state index in [1.165, 1.54) is 9.90 Å². The van der Waals surface area contributed by atoms with Crippen LogP contribution in [0.2, 0.25) is 0 Å². The number of anilines is 1. The van der Waals surface area contributed by atoms with Crippen LogP contribution >= 0.6 is 11.8 Å². The van der Waals surface area contributed by atoms with Crippen LogP contribution in [0.3, 0.4) is 0 Å². The molecule has 2 amide bonds. The van der Waals surface area contributed by atoms with Crippen LogP contribution in [0.15, 0.2) is 29.2 Å². The molecule has 4 nitrogen and oxygen atoms in total. The Morgan fingerprint density at radius 2 is 2.00 bits per heavy atom. The molecule has 15 heavy (non-hydrogen) atoms. The molecule has 2 rings (SSSR count). The van der Waals surface area contributed by atoms with Gasteiger partial charge in [0.15, 0.2) is 0 Å². The highest BCUT2D eigenvalue weighted by Gasteiger charge is 2.25. The Hall–Kier alpha value is -1.20. The molecule has 1 saturated heterocycles. The summed E-state index contributed by atoms with van der Waals surface area (Å²) in [5.41, 5.74) is 3.88. The van der Waals surface area contributed by atoms with E-state index in [0.717, 1.165) is 5.69 Å². The van der Waals surface area contributed by atoms with Gasteiger partial charge in [-0.15, -0.1) is 11.8 Å². The Morgan fingerprint density at radius 1 is 1.33 bits per heavy atom. The van der Waals surface area contributed by atoms with E-state index in [9.17, 15) is 4.79 Å². The van der Waals surface area contributed by atoms with Gasteiger partial charge < -0.3 is 0 Å². The first-order chi connectivity index (χ1) is 7.22. The van der Waals surface area contributed by atoms with Gasteiger partial charge in [-0.2, -0.15) is 0 Å². The zero-order valence-electron chi connectivity index (χ0n) is 8.73. The first kappa shape index (κ1) is 10.3. The van der Waals surface area contributed by atoms with Gasteiger partial charge >= 0.3 is 6.03 Å². The van der Waals surface area contributed by atoms with E-state index >= 15 is 0 Å². The number of rotatable bonds is 2. The lowest BCUT2D eigenvalue weighted by atomic mass is 10.3. The van der Waals surface area contributed by atoms with Crippen molar-refractivity contribution in [2.24, 2.45) is 0 Å². The Kier molecular flexibility index (Phi) is 2.83. The predicted octanol–water partition coefficient (Wildman–Crippen LogP) is 1.74. The van der Waals surface area contributed by atoms with Crippen molar-refractivity contribution in [1.82, 2.24) is 10.4 Å². The molecule has 0 atom stereocenters. The molecule has 0 aromatic heterocycles. The summed E-state index contributed by atoms with van der Waals surface area (Å²) in [4.78, 5) is 14.5. The molecule has 0 unspecified atom stereocenters. The van der Waals surface area contributed by atoms with Gasteiger partial charge in [-0.25, -0.2) is 10.2 Å². The van der Waals surface area contributed by atoms with Gasteiger partial charge in [-0.05, 0) is 30.5 Å². The van der Waals surface area contributed by atoms with Crippen LogP contribution in [0.5, 0.6) is 0 Å². The lowest BCUT2D eigenvalue weighted by Gasteiger charge is -2.14. The number of thioether (sulfide) groups is 1. The van der Waals surface area contributed by atoms with E-state index < -0.39 is 0 Å². The molecule has 5 heteroatoms. The molecule has 1 N–H and O–H groups in total. The van der Waals surface area contributed by atoms with E-state index in [2.05, 4.69) is 5.43 Å². The molecule has 1 aliphatic heterocycles. The number of carbonyl (C=O) groups excluding carboxylic acids is 1. The minimum absolute atomic E-state index is 0.0214. The molecule has 1 aromatic carbocycles. The zero-order valence-corrected chi connectivity index (χ0v) is 9.54. The van der Waals surface area contributed by atoms with Crippen molar-refractivity contribution >= 4 is 23.5 Å². The van der Waals surface area contributed by atoms with E-state index in [4.69, 9.17) is 0 Å². The molecule has 80 valence electrons. The lowest BCUT2D eigenvalue weighted by Crippen LogP contribution is -2.31. The number of hydrogen-bond acceptors (Lipinski definition) is 3. The van der Waals surface area contributed by atoms with Crippen molar-refractivity contribution in [3.05, 3.63) is 24.3 Å². The SMILES string of the molecule is CSc1ccc(N2CNN(C)C2=O)cc1. The van der Waals surface area contributed by atoms with Crippen molar-refractivity contribution in [2.75, 3.05) is 24.9 Å². The molecule has 0 radical (unpaired) electrons. The van der Waals surface area contributed by atoms with Gasteiger partial charge in [0.2, 0.25) is 0 Å². The number of hydrazine groups is 1. The van der Waals surface area contributed by atoms with Crippen molar-refractivity contribution < 1.29 is 4.79 Å². The Bertz CT molecular complexity index is 365. The first-order valence-corrected chi connectivity index (χ1v) is 5.87. The second-order valence-corrected chi connectivity index (χ2v) is 4.16. The fourth-order valence-electron chi connectivity index (χ4n) is 1.46. The maximum atomic E-state index is 11.6. The number of amides is 2. The van der Waals surface area contributed by atoms with Crippen LogP contribution in [0.1, 0.15) is 0 Å². The minimum atomic E-state index is -0.0214. The quantitative estimate of drug-likeness (QED) is 0.776. The highest BCUT2D eigenvalue weighted by Crippen LogP contribution is 2.22. The third kappa shape index (κ3) is 1.93. The van der Waals surface area contributed by atoms with Gasteiger partial charge in [0.05, 0.1) is 6.67 Å². The summed E-state index contributed by atoms with van der Waals surface area (Å²) in [6.07, 6.45) is 2.03. The molecule has 1 aromatic rings. The zero-order chi connectivity index (χ0) is 10.8. The topological polar surface area (TPSA) is 35.6 Å². The third-order valence-corrected chi connectivity index (χ3v) is 3.11. The summed E-state index contributed by atoms with van der Waals surface area (Å²) in [6.45, 7) is 0.536. The van der Waals surface area contributed by atoms with Crippen molar-refractivity contribution in [2.45, 2.75) is 4.90 Å². The molecule has 0 aliphatic carbocycles. The molecule has 1 fully saturated rings. The fourth-order valence-corrected chi connectivity index (χ4v) is 1.87. The van der Waals surface area contributed by atoms with Crippen molar-refractivity contribution in [3.8, 4) is 0 Å². The van der Waals surface area contributed by atoms with Crippen LogP contribution in [0.25, 0.3) is 0 Å². The molecule has 1 heterocycles. The number of benzene rings is 1. The molecule has 0 spiro atoms. The van der Waals surface area contributed by atoms with Crippen molar-refractivity contribution in [3.63, 3.8) is 0 Å². The van der Waals surface area contributed by atoms with Crippen LogP contribution in [0, 0.1) is 0 Å². The summed E-state index contributed by atoms with van der Waals surface area (Å²) in [5, 5.41) is 1.49. The molecule has 0 saturated carbocycles. The third-order valence-electron chi connectivity index (χ3n) is 2.37. The monoisotopic (exact) mass is 223 g/mol. The van der Waals surface area contributed by atoms with Crippen LogP contribution in [-0.2, 0) is 0 Å². The van der Waals surface area contributed by atoms with E-state index in [1.54, 1.807) is 23.7 Å². The normalized spacial score (nSPS) is 16.3. The standard InChI is InChI=1S/C10H13N3OS/c1-12-10(14)13(7-11-12)8-3-5-9(15-2)6-4-8/h3-6,11H,7H2,1-2H3. The van der Waals surface area contributed by atoms with Gasteiger partial charge in [-0.1, -0.05) is 0 Å². The number of carbonyl (C=O) groups is 1. The van der Waals surface area contributed by atoms with Gasteiger partial charge in [0, 0.05) is 17.6 Å². The maximum absolute atomic E-state index is 11.6. The number of urea groups is 1. The highest BCUT2D eigenvalue weighted by molar-refractivity contribution is 7.98. The average Bonchev–Trinajstić information content (AvgIpc) is 2.60. The van der Waals surface area contributed by atoms with E-state index in [0.29, 0.717) is 6.67 Å². The summed E-state index contributed by atoms with van der Waals surface area (Å²) >= 11 is 1.69. The summed E-state index contributed by atoms with van der Waals surface area (Å²) < 4.78 is 0. The summed E-state index contributed by atoms with van der Waals surface area (Å²) in [6, 6.07) is 7.94. The summed E-state index contributed by atoms with van der Waals surface area (Å²) in [5.74, 6) is 0. The highest BCUT2D eigenvalue weighted by atomic mass is 32.2. The van der Waals surface area contributed by atoms with E-state index in [-0.39, 0.29) is 6.03 Å². The van der Waals surface area contributed by atoms with Gasteiger partial charge in [0.1, 0.15) is 0 Å². The molecule has 1 aliphatic rings. The molecule has 0 bridgehead atoms. The number of hydrogen-bond donors (Lipinski definition) is 1. The number of nitrogens with zero attached hydrogens (tertiary/aromatic N) is 2. The Balaban J connectivity index is 2.19. The maximum Gasteiger partial charge on any atom is 0.339 e. The van der Waals surface area contributed by atoms with Crippen LogP contribution in [0.4, 0.5) is 10.5 Å². The molecular weight excluding hydrogens is 210 g/mol. The predicted molar refractivity (Wildman–Crippen MR) is 61.9 cm³/mol. The van der Waals surface area contributed by atoms with Gasteiger partial charge in [-0.3, -0.25) is 9.91 Å². The Morgan fingerprint density at radius 3 is 2.47 bits per heavy atom. The summed E-state index contributed by atoms with van der Waals surface area (Å²) in [7, 11) is 1.72. The van der Waals surface area contributed by atoms with Crippen molar-refractivity contribution in [1.29, 1.82) is 0 Å². The number of nitrogens with one attached hydrogen (secondary N) is 1. The fraction of sp³-hybridized carbons (Fsp3) is 0.300. The molecular formula is C10H13N3OS. The first-order valence-electron chi connectivity index (χ1n) is 4.65. The van der Waals surface area contributed by atoms with Crippen LogP contribution < -0.4 is 10.3 Å². The van der Waals surface area contributed by atoms with Crippen LogP contribution in [-0.4, -0.2) is 31.0 Å². The van der Waals surface area contributed by atoms with Gasteiger partial charge in [0.25, 0.3) is 0 Å². The average molecular weight is 223 g/mol. The largest absolute Gasteiger partial charge is 0.339 e. The lowest BCUT2D eigenvalue weighted by molar-refractivity contribution is 0.217.